The number of anilines is 1. The minimum Gasteiger partial charge on any atom is -0.497 e. The average molecular weight is 607 g/mol. The van der Waals surface area contributed by atoms with Gasteiger partial charge in [0.05, 0.1) is 19.1 Å². The molecule has 1 unspecified atom stereocenters. The van der Waals surface area contributed by atoms with Crippen molar-refractivity contribution in [2.75, 3.05) is 24.2 Å². The molecule has 0 saturated heterocycles. The Bertz CT molecular complexity index is 1410. The first-order chi connectivity index (χ1) is 18.9. The Labute approximate surface area is 245 Å². The van der Waals surface area contributed by atoms with Crippen molar-refractivity contribution in [3.63, 3.8) is 0 Å². The lowest BCUT2D eigenvalue weighted by molar-refractivity contribution is -0.140. The van der Waals surface area contributed by atoms with Crippen LogP contribution in [0.1, 0.15) is 25.0 Å². The summed E-state index contributed by atoms with van der Waals surface area (Å²) < 4.78 is 32.0. The van der Waals surface area contributed by atoms with E-state index in [4.69, 9.17) is 27.9 Å². The van der Waals surface area contributed by atoms with Crippen molar-refractivity contribution in [1.29, 1.82) is 0 Å². The van der Waals surface area contributed by atoms with Crippen molar-refractivity contribution in [2.24, 2.45) is 0 Å². The van der Waals surface area contributed by atoms with Gasteiger partial charge >= 0.3 is 0 Å². The summed E-state index contributed by atoms with van der Waals surface area (Å²) in [6.45, 7) is 3.13. The second-order valence-electron chi connectivity index (χ2n) is 9.64. The number of amides is 2. The molecule has 0 saturated carbocycles. The van der Waals surface area contributed by atoms with Gasteiger partial charge in [-0.05, 0) is 55.3 Å². The first-order valence-corrected chi connectivity index (χ1v) is 15.2. The van der Waals surface area contributed by atoms with Gasteiger partial charge < -0.3 is 15.0 Å². The lowest BCUT2D eigenvalue weighted by Gasteiger charge is -2.34. The molecule has 11 heteroatoms. The van der Waals surface area contributed by atoms with Crippen molar-refractivity contribution < 1.29 is 22.7 Å². The second-order valence-corrected chi connectivity index (χ2v) is 12.4. The Morgan fingerprint density at radius 1 is 0.925 bits per heavy atom. The summed E-state index contributed by atoms with van der Waals surface area (Å²) in [4.78, 5) is 29.0. The Morgan fingerprint density at radius 2 is 1.55 bits per heavy atom. The van der Waals surface area contributed by atoms with Gasteiger partial charge in [-0.15, -0.1) is 0 Å². The number of hydrogen-bond acceptors (Lipinski definition) is 5. The number of hydrogen-bond donors (Lipinski definition) is 1. The molecule has 214 valence electrons. The van der Waals surface area contributed by atoms with Crippen LogP contribution in [0.15, 0.2) is 72.8 Å². The first-order valence-electron chi connectivity index (χ1n) is 12.6. The van der Waals surface area contributed by atoms with Crippen LogP contribution in [0.4, 0.5) is 5.69 Å². The molecule has 0 heterocycles. The molecule has 3 rings (SSSR count). The number of carbonyl (C=O) groups is 2. The molecule has 8 nitrogen and oxygen atoms in total. The largest absolute Gasteiger partial charge is 0.497 e. The van der Waals surface area contributed by atoms with Crippen LogP contribution in [-0.4, -0.2) is 57.1 Å². The van der Waals surface area contributed by atoms with E-state index in [0.717, 1.165) is 16.1 Å². The minimum atomic E-state index is -3.94. The molecule has 40 heavy (non-hydrogen) atoms. The zero-order chi connectivity index (χ0) is 29.4. The molecule has 2 amide bonds. The molecule has 0 aliphatic rings. The topological polar surface area (TPSA) is 96.0 Å². The SMILES string of the molecule is COc1cccc(CN(C(=O)CN(c2cc(Cl)cc(Cl)c2)S(C)(=O)=O)C(Cc2ccccc2)C(=O)NC(C)C)c1. The third-order valence-electron chi connectivity index (χ3n) is 6.00. The second kappa shape index (κ2) is 13.9. The minimum absolute atomic E-state index is 0.0347. The molecule has 0 bridgehead atoms. The highest BCUT2D eigenvalue weighted by Gasteiger charge is 2.33. The molecule has 0 spiro atoms. The summed E-state index contributed by atoms with van der Waals surface area (Å²) in [5.41, 5.74) is 1.69. The van der Waals surface area contributed by atoms with Crippen molar-refractivity contribution in [3.8, 4) is 5.75 Å². The Morgan fingerprint density at radius 3 is 2.12 bits per heavy atom. The van der Waals surface area contributed by atoms with E-state index >= 15 is 0 Å². The summed E-state index contributed by atoms with van der Waals surface area (Å²) >= 11 is 12.3. The molecule has 0 aliphatic heterocycles. The monoisotopic (exact) mass is 605 g/mol. The summed E-state index contributed by atoms with van der Waals surface area (Å²) in [7, 11) is -2.40. The first kappa shape index (κ1) is 31.3. The Hall–Kier alpha value is -3.27. The van der Waals surface area contributed by atoms with Crippen LogP contribution in [0.5, 0.6) is 5.75 Å². The van der Waals surface area contributed by atoms with E-state index in [2.05, 4.69) is 5.32 Å². The zero-order valence-electron chi connectivity index (χ0n) is 22.8. The number of benzene rings is 3. The Balaban J connectivity index is 2.09. The van der Waals surface area contributed by atoms with E-state index in [9.17, 15) is 18.0 Å². The number of sulfonamides is 1. The predicted molar refractivity (Wildman–Crippen MR) is 159 cm³/mol. The van der Waals surface area contributed by atoms with Crippen molar-refractivity contribution in [2.45, 2.75) is 38.9 Å². The highest BCUT2D eigenvalue weighted by atomic mass is 35.5. The fourth-order valence-electron chi connectivity index (χ4n) is 4.20. The number of methoxy groups -OCH3 is 1. The third kappa shape index (κ3) is 8.87. The maximum absolute atomic E-state index is 14.1. The molecule has 0 fully saturated rings. The maximum atomic E-state index is 14.1. The van der Waals surface area contributed by atoms with Gasteiger partial charge in [-0.1, -0.05) is 65.7 Å². The molecule has 3 aromatic rings. The molecule has 0 aliphatic carbocycles. The van der Waals surface area contributed by atoms with Crippen molar-refractivity contribution >= 4 is 50.7 Å². The standard InChI is InChI=1S/C29H33Cl2N3O5S/c1-20(2)32-29(36)27(14-21-9-6-5-7-10-21)33(18-22-11-8-12-26(13-22)39-3)28(35)19-34(40(4,37)38)25-16-23(30)15-24(31)17-25/h5-13,15-17,20,27H,14,18-19H2,1-4H3,(H,32,36). The highest BCUT2D eigenvalue weighted by Crippen LogP contribution is 2.28. The number of nitrogens with one attached hydrogen (secondary N) is 1. The number of carbonyl (C=O) groups excluding carboxylic acids is 2. The molecular formula is C29H33Cl2N3O5S. The summed E-state index contributed by atoms with van der Waals surface area (Å²) in [5, 5.41) is 3.35. The van der Waals surface area contributed by atoms with Crippen LogP contribution >= 0.6 is 23.2 Å². The van der Waals surface area contributed by atoms with Crippen LogP contribution in [0.3, 0.4) is 0 Å². The normalized spacial score (nSPS) is 12.1. The van der Waals surface area contributed by atoms with Crippen molar-refractivity contribution in [1.82, 2.24) is 10.2 Å². The number of nitrogens with zero attached hydrogens (tertiary/aromatic N) is 2. The van der Waals surface area contributed by atoms with Crippen LogP contribution in [0.25, 0.3) is 0 Å². The molecule has 1 atom stereocenters. The lowest BCUT2D eigenvalue weighted by atomic mass is 10.0. The van der Waals surface area contributed by atoms with Gasteiger partial charge in [0.2, 0.25) is 21.8 Å². The van der Waals surface area contributed by atoms with E-state index in [1.807, 2.05) is 50.2 Å². The van der Waals surface area contributed by atoms with E-state index in [0.29, 0.717) is 11.3 Å². The molecule has 0 radical (unpaired) electrons. The third-order valence-corrected chi connectivity index (χ3v) is 7.58. The van der Waals surface area contributed by atoms with Crippen molar-refractivity contribution in [3.05, 3.63) is 94.0 Å². The van der Waals surface area contributed by atoms with Crippen LogP contribution in [0, 0.1) is 0 Å². The van der Waals surface area contributed by atoms with Crippen LogP contribution < -0.4 is 14.4 Å². The average Bonchev–Trinajstić information content (AvgIpc) is 2.88. The number of halogens is 2. The summed E-state index contributed by atoms with van der Waals surface area (Å²) in [6, 6.07) is 19.7. The highest BCUT2D eigenvalue weighted by molar-refractivity contribution is 7.92. The van der Waals surface area contributed by atoms with Gasteiger partial charge in [-0.2, -0.15) is 0 Å². The summed E-state index contributed by atoms with van der Waals surface area (Å²) in [6.07, 6.45) is 1.21. The smallest absolute Gasteiger partial charge is 0.244 e. The summed E-state index contributed by atoms with van der Waals surface area (Å²) in [5.74, 6) is -0.349. The molecular weight excluding hydrogens is 573 g/mol. The van der Waals surface area contributed by atoms with Gasteiger partial charge in [-0.3, -0.25) is 13.9 Å². The van der Waals surface area contributed by atoms with Crippen LogP contribution in [-0.2, 0) is 32.6 Å². The number of rotatable bonds is 12. The van der Waals surface area contributed by atoms with Gasteiger partial charge in [0.15, 0.2) is 0 Å². The Kier molecular flexibility index (Phi) is 10.8. The van der Waals surface area contributed by atoms with Gasteiger partial charge in [0.1, 0.15) is 18.3 Å². The lowest BCUT2D eigenvalue weighted by Crippen LogP contribution is -2.54. The van der Waals surface area contributed by atoms with E-state index in [1.165, 1.54) is 30.2 Å². The van der Waals surface area contributed by atoms with Crippen LogP contribution in [0.2, 0.25) is 10.0 Å². The number of ether oxygens (including phenoxy) is 1. The van der Waals surface area contributed by atoms with E-state index in [1.54, 1.807) is 18.2 Å². The molecule has 3 aromatic carbocycles. The molecule has 0 aromatic heterocycles. The quantitative estimate of drug-likeness (QED) is 0.316. The van der Waals surface area contributed by atoms with Gasteiger partial charge in [0.25, 0.3) is 0 Å². The van der Waals surface area contributed by atoms with Gasteiger partial charge in [-0.25, -0.2) is 8.42 Å². The van der Waals surface area contributed by atoms with E-state index < -0.39 is 28.5 Å². The predicted octanol–water partition coefficient (Wildman–Crippen LogP) is 4.93. The van der Waals surface area contributed by atoms with E-state index in [-0.39, 0.29) is 40.6 Å². The fourth-order valence-corrected chi connectivity index (χ4v) is 5.55. The maximum Gasteiger partial charge on any atom is 0.244 e. The zero-order valence-corrected chi connectivity index (χ0v) is 25.1. The fraction of sp³-hybridized carbons (Fsp3) is 0.310. The molecule has 1 N–H and O–H groups in total. The van der Waals surface area contributed by atoms with Gasteiger partial charge in [0, 0.05) is 29.1 Å².